The minimum absolute atomic E-state index is 0.0266. The number of sulfone groups is 1. The van der Waals surface area contributed by atoms with Gasteiger partial charge in [0.25, 0.3) is 5.91 Å². The highest BCUT2D eigenvalue weighted by atomic mass is 32.2. The van der Waals surface area contributed by atoms with Gasteiger partial charge in [-0.05, 0) is 58.7 Å². The molecule has 0 aliphatic carbocycles. The summed E-state index contributed by atoms with van der Waals surface area (Å²) in [5.41, 5.74) is 11.2. The highest BCUT2D eigenvalue weighted by molar-refractivity contribution is 7.91. The van der Waals surface area contributed by atoms with E-state index in [0.29, 0.717) is 5.69 Å². The molecule has 0 atom stereocenters. The summed E-state index contributed by atoms with van der Waals surface area (Å²) < 4.78 is 28.3. The second-order valence-corrected chi connectivity index (χ2v) is 11.9. The van der Waals surface area contributed by atoms with Crippen molar-refractivity contribution in [3.05, 3.63) is 83.9 Å². The van der Waals surface area contributed by atoms with Gasteiger partial charge in [-0.2, -0.15) is 0 Å². The first kappa shape index (κ1) is 28.4. The summed E-state index contributed by atoms with van der Waals surface area (Å²) >= 11 is 0. The van der Waals surface area contributed by atoms with Crippen molar-refractivity contribution in [2.75, 3.05) is 30.1 Å². The first-order valence-electron chi connectivity index (χ1n) is 12.4. The average molecular weight is 564 g/mol. The molecule has 10 nitrogen and oxygen atoms in total. The van der Waals surface area contributed by atoms with Crippen molar-refractivity contribution in [1.82, 2.24) is 5.32 Å². The number of carboxylic acids is 1. The number of hydrogen-bond acceptors (Lipinski definition) is 8. The quantitative estimate of drug-likeness (QED) is 0.214. The van der Waals surface area contributed by atoms with Crippen LogP contribution in [0.25, 0.3) is 21.5 Å². The number of hydrogen-bond donors (Lipinski definition) is 4. The van der Waals surface area contributed by atoms with Crippen molar-refractivity contribution >= 4 is 60.6 Å². The Morgan fingerprint density at radius 1 is 0.800 bits per heavy atom. The van der Waals surface area contributed by atoms with Crippen molar-refractivity contribution < 1.29 is 32.6 Å². The maximum absolute atomic E-state index is 12.8. The molecule has 1 aliphatic rings. The third-order valence-corrected chi connectivity index (χ3v) is 8.57. The molecule has 208 valence electrons. The van der Waals surface area contributed by atoms with Crippen LogP contribution in [0.3, 0.4) is 0 Å². The molecule has 1 aliphatic heterocycles. The number of benzene rings is 4. The summed E-state index contributed by atoms with van der Waals surface area (Å²) in [6.07, 6.45) is -0.0531. The molecule has 0 unspecified atom stereocenters. The number of nitrogens with one attached hydrogen (secondary N) is 1. The number of esters is 1. The first-order valence-corrected chi connectivity index (χ1v) is 14.2. The standard InChI is InChI=1S/C18H20N2O5S.C11H9NO2/c1-25-17(22)18(6-8-26(23,24)9-7-18)20-16(21)14-10-12-4-2-3-5-13(12)11-15(14)19;12-10-6-8-4-2-1-3-7(8)5-9(10)11(13)14/h2-5,10-11H,6-9,19H2,1H3,(H,20,21);1-6H,12H2,(H,13,14). The van der Waals surface area contributed by atoms with E-state index in [1.165, 1.54) is 7.11 Å². The fourth-order valence-corrected chi connectivity index (χ4v) is 6.17. The van der Waals surface area contributed by atoms with Crippen LogP contribution < -0.4 is 16.8 Å². The number of carbonyl (C=O) groups is 3. The zero-order valence-electron chi connectivity index (χ0n) is 21.7. The molecule has 1 heterocycles. The zero-order valence-corrected chi connectivity index (χ0v) is 22.5. The molecule has 1 amide bonds. The van der Waals surface area contributed by atoms with Crippen molar-refractivity contribution in [3.8, 4) is 0 Å². The normalized spacial score (nSPS) is 15.4. The molecule has 5 rings (SSSR count). The Labute approximate surface area is 230 Å². The monoisotopic (exact) mass is 563 g/mol. The molecule has 0 saturated carbocycles. The Morgan fingerprint density at radius 3 is 1.68 bits per heavy atom. The summed E-state index contributed by atoms with van der Waals surface area (Å²) in [5.74, 6) is -2.54. The van der Waals surface area contributed by atoms with Gasteiger partial charge >= 0.3 is 11.9 Å². The highest BCUT2D eigenvalue weighted by Gasteiger charge is 2.46. The molecule has 0 spiro atoms. The lowest BCUT2D eigenvalue weighted by molar-refractivity contribution is -0.148. The summed E-state index contributed by atoms with van der Waals surface area (Å²) in [6, 6.07) is 21.6. The molecule has 0 radical (unpaired) electrons. The van der Waals surface area contributed by atoms with Crippen LogP contribution in [-0.4, -0.2) is 55.5 Å². The molecule has 1 saturated heterocycles. The van der Waals surface area contributed by atoms with Gasteiger partial charge in [-0.1, -0.05) is 48.5 Å². The van der Waals surface area contributed by atoms with E-state index in [1.807, 2.05) is 48.5 Å². The molecular formula is C29H29N3O7S. The topological polar surface area (TPSA) is 179 Å². The number of aromatic carboxylic acids is 1. The third-order valence-electron chi connectivity index (χ3n) is 6.92. The predicted molar refractivity (Wildman–Crippen MR) is 154 cm³/mol. The smallest absolute Gasteiger partial charge is 0.337 e. The number of methoxy groups -OCH3 is 1. The molecule has 0 aromatic heterocycles. The minimum atomic E-state index is -3.22. The van der Waals surface area contributed by atoms with E-state index < -0.39 is 33.2 Å². The van der Waals surface area contributed by atoms with E-state index in [9.17, 15) is 22.8 Å². The lowest BCUT2D eigenvalue weighted by Crippen LogP contribution is -2.59. The Hall–Kier alpha value is -4.64. The number of carboxylic acid groups (broad SMARTS) is 1. The summed E-state index contributed by atoms with van der Waals surface area (Å²) in [4.78, 5) is 35.9. The highest BCUT2D eigenvalue weighted by Crippen LogP contribution is 2.28. The Balaban J connectivity index is 0.000000222. The summed E-state index contributed by atoms with van der Waals surface area (Å²) in [5, 5.41) is 15.1. The van der Waals surface area contributed by atoms with E-state index in [2.05, 4.69) is 5.32 Å². The van der Waals surface area contributed by atoms with E-state index >= 15 is 0 Å². The van der Waals surface area contributed by atoms with Gasteiger partial charge in [0.1, 0.15) is 5.54 Å². The average Bonchev–Trinajstić information content (AvgIpc) is 2.93. The van der Waals surface area contributed by atoms with Crippen LogP contribution in [0.2, 0.25) is 0 Å². The largest absolute Gasteiger partial charge is 0.478 e. The molecule has 1 fully saturated rings. The van der Waals surface area contributed by atoms with Gasteiger partial charge < -0.3 is 26.6 Å². The fourth-order valence-electron chi connectivity index (χ4n) is 4.64. The van der Waals surface area contributed by atoms with Crippen LogP contribution in [0, 0.1) is 0 Å². The van der Waals surface area contributed by atoms with Crippen molar-refractivity contribution in [1.29, 1.82) is 0 Å². The van der Waals surface area contributed by atoms with Gasteiger partial charge in [-0.15, -0.1) is 0 Å². The Kier molecular flexibility index (Phi) is 7.96. The Bertz CT molecular complexity index is 1720. The molecule has 0 bridgehead atoms. The van der Waals surface area contributed by atoms with Crippen LogP contribution >= 0.6 is 0 Å². The van der Waals surface area contributed by atoms with Crippen molar-refractivity contribution in [2.45, 2.75) is 18.4 Å². The lowest BCUT2D eigenvalue weighted by atomic mass is 9.91. The first-order chi connectivity index (χ1) is 18.9. The predicted octanol–water partition coefficient (Wildman–Crippen LogP) is 3.39. The van der Waals surface area contributed by atoms with Crippen LogP contribution in [0.15, 0.2) is 72.8 Å². The van der Waals surface area contributed by atoms with Gasteiger partial charge in [0, 0.05) is 11.4 Å². The zero-order chi connectivity index (χ0) is 29.1. The van der Waals surface area contributed by atoms with Crippen molar-refractivity contribution in [3.63, 3.8) is 0 Å². The number of anilines is 2. The molecule has 4 aromatic rings. The van der Waals surface area contributed by atoms with Gasteiger partial charge in [0.2, 0.25) is 0 Å². The number of fused-ring (bicyclic) bond motifs is 2. The maximum Gasteiger partial charge on any atom is 0.337 e. The number of amides is 1. The third kappa shape index (κ3) is 5.99. The minimum Gasteiger partial charge on any atom is -0.478 e. The molecule has 6 N–H and O–H groups in total. The molecule has 11 heteroatoms. The van der Waals surface area contributed by atoms with Gasteiger partial charge in [-0.3, -0.25) is 4.79 Å². The van der Waals surface area contributed by atoms with Crippen LogP contribution in [0.4, 0.5) is 11.4 Å². The number of rotatable bonds is 4. The molecule has 40 heavy (non-hydrogen) atoms. The van der Waals surface area contributed by atoms with Gasteiger partial charge in [-0.25, -0.2) is 18.0 Å². The van der Waals surface area contributed by atoms with Crippen LogP contribution in [0.5, 0.6) is 0 Å². The second-order valence-electron chi connectivity index (χ2n) is 9.56. The van der Waals surface area contributed by atoms with Crippen LogP contribution in [0.1, 0.15) is 33.6 Å². The maximum atomic E-state index is 12.8. The molecular weight excluding hydrogens is 534 g/mol. The van der Waals surface area contributed by atoms with E-state index in [-0.39, 0.29) is 41.2 Å². The lowest BCUT2D eigenvalue weighted by Gasteiger charge is -2.35. The van der Waals surface area contributed by atoms with Gasteiger partial charge in [0.15, 0.2) is 9.84 Å². The van der Waals surface area contributed by atoms with E-state index in [0.717, 1.165) is 21.5 Å². The fraction of sp³-hybridized carbons (Fsp3) is 0.207. The summed E-state index contributed by atoms with van der Waals surface area (Å²) in [7, 11) is -2.00. The van der Waals surface area contributed by atoms with Gasteiger partial charge in [0.05, 0.1) is 29.7 Å². The number of ether oxygens (including phenoxy) is 1. The second kappa shape index (κ2) is 11.2. The van der Waals surface area contributed by atoms with Crippen molar-refractivity contribution in [2.24, 2.45) is 0 Å². The van der Waals surface area contributed by atoms with E-state index in [4.69, 9.17) is 21.3 Å². The SMILES string of the molecule is COC(=O)C1(NC(=O)c2cc3ccccc3cc2N)CCS(=O)(=O)CC1.Nc1cc2ccccc2cc1C(=O)O. The Morgan fingerprint density at radius 2 is 1.23 bits per heavy atom. The van der Waals surface area contributed by atoms with Crippen LogP contribution in [-0.2, 0) is 19.4 Å². The number of nitrogens with two attached hydrogens (primary N) is 2. The number of nitrogen functional groups attached to an aromatic ring is 2. The molecule has 4 aromatic carbocycles. The van der Waals surface area contributed by atoms with E-state index in [1.54, 1.807) is 24.3 Å². The summed E-state index contributed by atoms with van der Waals surface area (Å²) in [6.45, 7) is 0. The number of carbonyl (C=O) groups excluding carboxylic acids is 2.